The van der Waals surface area contributed by atoms with Crippen LogP contribution in [0.1, 0.15) is 37.3 Å². The van der Waals surface area contributed by atoms with Crippen LogP contribution in [-0.4, -0.2) is 48.1 Å². The summed E-state index contributed by atoms with van der Waals surface area (Å²) >= 11 is 0. The van der Waals surface area contributed by atoms with E-state index in [9.17, 15) is 0 Å². The van der Waals surface area contributed by atoms with E-state index in [0.29, 0.717) is 12.0 Å². The Hall–Kier alpha value is -1.16. The Morgan fingerprint density at radius 2 is 1.90 bits per heavy atom. The fourth-order valence-electron chi connectivity index (χ4n) is 3.67. The van der Waals surface area contributed by atoms with Gasteiger partial charge in [0, 0.05) is 36.8 Å². The van der Waals surface area contributed by atoms with Crippen LogP contribution in [0.5, 0.6) is 0 Å². The van der Waals surface area contributed by atoms with Crippen LogP contribution >= 0.6 is 0 Å². The fourth-order valence-corrected chi connectivity index (χ4v) is 3.67. The summed E-state index contributed by atoms with van der Waals surface area (Å²) in [6.45, 7) is 2.30. The van der Waals surface area contributed by atoms with E-state index in [1.54, 1.807) is 6.33 Å². The lowest BCUT2D eigenvalue weighted by Crippen LogP contribution is -2.36. The van der Waals surface area contributed by atoms with Crippen molar-refractivity contribution in [3.8, 4) is 0 Å². The number of rotatable bonds is 4. The second kappa shape index (κ2) is 4.69. The van der Waals surface area contributed by atoms with Gasteiger partial charge >= 0.3 is 0 Å². The van der Waals surface area contributed by atoms with Gasteiger partial charge in [0.25, 0.3) is 0 Å². The van der Waals surface area contributed by atoms with Crippen LogP contribution in [0, 0.1) is 11.8 Å². The first kappa shape index (κ1) is 12.6. The Morgan fingerprint density at radius 1 is 1.10 bits per heavy atom. The summed E-state index contributed by atoms with van der Waals surface area (Å²) in [5.41, 5.74) is 1.26. The Kier molecular flexibility index (Phi) is 2.95. The minimum Gasteiger partial charge on any atom is -0.355 e. The maximum absolute atomic E-state index is 4.54. The van der Waals surface area contributed by atoms with Gasteiger partial charge in [0.05, 0.1) is 0 Å². The molecule has 1 aromatic rings. The third-order valence-electron chi connectivity index (χ3n) is 5.22. The number of likely N-dealkylation sites (N-methyl/N-ethyl adjacent to an activating group) is 1. The molecule has 0 amide bonds. The first-order valence-corrected chi connectivity index (χ1v) is 7.95. The largest absolute Gasteiger partial charge is 0.355 e. The molecule has 3 fully saturated rings. The summed E-state index contributed by atoms with van der Waals surface area (Å²) in [7, 11) is 4.44. The van der Waals surface area contributed by atoms with Crippen molar-refractivity contribution >= 4 is 5.82 Å². The fraction of sp³-hybridized carbons (Fsp3) is 0.750. The minimum atomic E-state index is 0.682. The van der Waals surface area contributed by atoms with Crippen molar-refractivity contribution in [3.63, 3.8) is 0 Å². The van der Waals surface area contributed by atoms with E-state index in [0.717, 1.165) is 24.2 Å². The predicted molar refractivity (Wildman–Crippen MR) is 79.9 cm³/mol. The minimum absolute atomic E-state index is 0.682. The molecule has 0 aromatic carbocycles. The second-order valence-electron chi connectivity index (χ2n) is 7.01. The van der Waals surface area contributed by atoms with Gasteiger partial charge < -0.3 is 9.80 Å². The first-order chi connectivity index (χ1) is 9.72. The highest BCUT2D eigenvalue weighted by atomic mass is 15.3. The van der Waals surface area contributed by atoms with E-state index in [1.807, 2.05) is 0 Å². The number of anilines is 1. The average molecular weight is 272 g/mol. The van der Waals surface area contributed by atoms with E-state index in [2.05, 4.69) is 39.9 Å². The van der Waals surface area contributed by atoms with Gasteiger partial charge in [-0.1, -0.05) is 0 Å². The SMILES string of the molecule is CN(C)C1CN(c2cc(C3CC3)ncn2)CC1C1CC1. The molecule has 108 valence electrons. The van der Waals surface area contributed by atoms with E-state index < -0.39 is 0 Å². The summed E-state index contributed by atoms with van der Waals surface area (Å²) < 4.78 is 0. The van der Waals surface area contributed by atoms with E-state index in [-0.39, 0.29) is 0 Å². The molecular formula is C16H24N4. The van der Waals surface area contributed by atoms with Gasteiger partial charge in [-0.15, -0.1) is 0 Å². The van der Waals surface area contributed by atoms with Gasteiger partial charge in [-0.3, -0.25) is 0 Å². The molecule has 0 radical (unpaired) electrons. The highest BCUT2D eigenvalue weighted by Gasteiger charge is 2.43. The lowest BCUT2D eigenvalue weighted by atomic mass is 9.97. The van der Waals surface area contributed by atoms with Gasteiger partial charge in [0.1, 0.15) is 12.1 Å². The zero-order valence-corrected chi connectivity index (χ0v) is 12.5. The van der Waals surface area contributed by atoms with Crippen molar-refractivity contribution in [2.24, 2.45) is 11.8 Å². The van der Waals surface area contributed by atoms with Crippen molar-refractivity contribution < 1.29 is 0 Å². The Balaban J connectivity index is 1.54. The summed E-state index contributed by atoms with van der Waals surface area (Å²) in [5, 5.41) is 0. The predicted octanol–water partition coefficient (Wildman–Crippen LogP) is 2.13. The van der Waals surface area contributed by atoms with Gasteiger partial charge in [-0.25, -0.2) is 9.97 Å². The highest BCUT2D eigenvalue weighted by Crippen LogP contribution is 2.44. The normalized spacial score (nSPS) is 30.2. The van der Waals surface area contributed by atoms with Crippen molar-refractivity contribution in [1.29, 1.82) is 0 Å². The number of hydrogen-bond donors (Lipinski definition) is 0. The molecule has 0 N–H and O–H groups in total. The molecule has 1 aliphatic heterocycles. The molecule has 0 spiro atoms. The summed E-state index contributed by atoms with van der Waals surface area (Å²) in [6, 6.07) is 2.92. The smallest absolute Gasteiger partial charge is 0.132 e. The molecule has 2 heterocycles. The number of aromatic nitrogens is 2. The van der Waals surface area contributed by atoms with Crippen LogP contribution < -0.4 is 4.90 Å². The van der Waals surface area contributed by atoms with Crippen molar-refractivity contribution in [2.75, 3.05) is 32.1 Å². The third kappa shape index (κ3) is 2.30. The molecule has 2 saturated carbocycles. The van der Waals surface area contributed by atoms with E-state index in [4.69, 9.17) is 0 Å². The van der Waals surface area contributed by atoms with Gasteiger partial charge in [-0.2, -0.15) is 0 Å². The molecule has 20 heavy (non-hydrogen) atoms. The topological polar surface area (TPSA) is 32.3 Å². The van der Waals surface area contributed by atoms with Crippen molar-refractivity contribution in [1.82, 2.24) is 14.9 Å². The van der Waals surface area contributed by atoms with Gasteiger partial charge in [0.15, 0.2) is 0 Å². The van der Waals surface area contributed by atoms with E-state index >= 15 is 0 Å². The second-order valence-corrected chi connectivity index (χ2v) is 7.01. The molecule has 2 aliphatic carbocycles. The standard InChI is InChI=1S/C16H24N4/c1-19(2)15-9-20(8-13(15)11-3-4-11)16-7-14(12-5-6-12)17-10-18-16/h7,10-13,15H,3-6,8-9H2,1-2H3. The number of nitrogens with zero attached hydrogens (tertiary/aromatic N) is 4. The maximum atomic E-state index is 4.54. The monoisotopic (exact) mass is 272 g/mol. The van der Waals surface area contributed by atoms with E-state index in [1.165, 1.54) is 37.9 Å². The van der Waals surface area contributed by atoms with Crippen LogP contribution in [0.2, 0.25) is 0 Å². The Labute approximate surface area is 121 Å². The molecule has 2 atom stereocenters. The van der Waals surface area contributed by atoms with Crippen LogP contribution in [-0.2, 0) is 0 Å². The lowest BCUT2D eigenvalue weighted by Gasteiger charge is -2.24. The van der Waals surface area contributed by atoms with Crippen LogP contribution in [0.3, 0.4) is 0 Å². The van der Waals surface area contributed by atoms with Crippen LogP contribution in [0.15, 0.2) is 12.4 Å². The molecule has 0 bridgehead atoms. The third-order valence-corrected chi connectivity index (χ3v) is 5.22. The zero-order chi connectivity index (χ0) is 13.7. The van der Waals surface area contributed by atoms with Crippen LogP contribution in [0.4, 0.5) is 5.82 Å². The summed E-state index contributed by atoms with van der Waals surface area (Å²) in [4.78, 5) is 13.9. The first-order valence-electron chi connectivity index (χ1n) is 7.95. The molecule has 4 nitrogen and oxygen atoms in total. The summed E-state index contributed by atoms with van der Waals surface area (Å²) in [5.74, 6) is 3.64. The lowest BCUT2D eigenvalue weighted by molar-refractivity contribution is 0.238. The highest BCUT2D eigenvalue weighted by molar-refractivity contribution is 5.42. The Morgan fingerprint density at radius 3 is 2.55 bits per heavy atom. The van der Waals surface area contributed by atoms with Crippen LogP contribution in [0.25, 0.3) is 0 Å². The zero-order valence-electron chi connectivity index (χ0n) is 12.5. The van der Waals surface area contributed by atoms with Gasteiger partial charge in [-0.05, 0) is 51.6 Å². The van der Waals surface area contributed by atoms with Gasteiger partial charge in [0.2, 0.25) is 0 Å². The molecule has 1 saturated heterocycles. The Bertz CT molecular complexity index is 483. The maximum Gasteiger partial charge on any atom is 0.132 e. The quantitative estimate of drug-likeness (QED) is 0.840. The molecule has 4 rings (SSSR count). The molecule has 1 aromatic heterocycles. The number of hydrogen-bond acceptors (Lipinski definition) is 4. The average Bonchev–Trinajstić information content (AvgIpc) is 3.35. The molecular weight excluding hydrogens is 248 g/mol. The molecule has 4 heteroatoms. The van der Waals surface area contributed by atoms with Crippen molar-refractivity contribution in [2.45, 2.75) is 37.6 Å². The summed E-state index contributed by atoms with van der Waals surface area (Å²) in [6.07, 6.45) is 7.24. The molecule has 3 aliphatic rings. The van der Waals surface area contributed by atoms with Crippen molar-refractivity contribution in [3.05, 3.63) is 18.1 Å². The molecule has 2 unspecified atom stereocenters.